The minimum atomic E-state index is -0.772. The molecule has 0 spiro atoms. The quantitative estimate of drug-likeness (QED) is 0.507. The van der Waals surface area contributed by atoms with E-state index in [1.807, 2.05) is 55.5 Å². The molecule has 0 aliphatic heterocycles. The lowest BCUT2D eigenvalue weighted by Gasteiger charge is -2.12. The van der Waals surface area contributed by atoms with Crippen LogP contribution in [-0.2, 0) is 9.59 Å². The first-order valence-corrected chi connectivity index (χ1v) is 9.29. The van der Waals surface area contributed by atoms with Crippen molar-refractivity contribution in [1.82, 2.24) is 0 Å². The predicted octanol–water partition coefficient (Wildman–Crippen LogP) is 4.39. The summed E-state index contributed by atoms with van der Waals surface area (Å²) >= 11 is 0. The average Bonchev–Trinajstić information content (AvgIpc) is 2.97. The van der Waals surface area contributed by atoms with Crippen molar-refractivity contribution in [2.24, 2.45) is 11.8 Å². The number of ketones is 1. The second kappa shape index (κ2) is 13.1. The van der Waals surface area contributed by atoms with E-state index < -0.39 is 12.1 Å². The molecule has 0 saturated heterocycles. The van der Waals surface area contributed by atoms with Gasteiger partial charge in [-0.15, -0.1) is 0 Å². The molecule has 0 amide bonds. The maximum absolute atomic E-state index is 11.6. The van der Waals surface area contributed by atoms with Gasteiger partial charge in [0.05, 0.1) is 6.10 Å². The summed E-state index contributed by atoms with van der Waals surface area (Å²) in [7, 11) is 0. The van der Waals surface area contributed by atoms with Gasteiger partial charge in [0.15, 0.2) is 5.78 Å². The number of rotatable bonds is 12. The zero-order valence-electron chi connectivity index (χ0n) is 15.5. The lowest BCUT2D eigenvalue weighted by Crippen LogP contribution is -2.13. The summed E-state index contributed by atoms with van der Waals surface area (Å²) in [6, 6.07) is 0. The molecule has 142 valence electrons. The van der Waals surface area contributed by atoms with Crippen LogP contribution in [0.1, 0.15) is 45.4 Å². The molecule has 0 heterocycles. The number of aliphatic hydroxyl groups is 1. The Bertz CT molecular complexity index is 581. The minimum Gasteiger partial charge on any atom is -0.481 e. The average molecular weight is 358 g/mol. The molecule has 4 heteroatoms. The first kappa shape index (κ1) is 21.8. The van der Waals surface area contributed by atoms with E-state index in [1.54, 1.807) is 12.2 Å². The molecule has 0 aromatic rings. The molecule has 4 nitrogen and oxygen atoms in total. The van der Waals surface area contributed by atoms with E-state index in [-0.39, 0.29) is 24.0 Å². The smallest absolute Gasteiger partial charge is 0.303 e. The van der Waals surface area contributed by atoms with Crippen molar-refractivity contribution in [2.75, 3.05) is 0 Å². The lowest BCUT2D eigenvalue weighted by atomic mass is 9.91. The number of aliphatic carboxylic acids is 1. The summed E-state index contributed by atoms with van der Waals surface area (Å²) in [6.07, 6.45) is 22.3. The highest BCUT2D eigenvalue weighted by Gasteiger charge is 2.26. The molecule has 0 fully saturated rings. The predicted molar refractivity (Wildman–Crippen MR) is 105 cm³/mol. The molecule has 3 atom stereocenters. The minimum absolute atomic E-state index is 0.0253. The Morgan fingerprint density at radius 2 is 1.81 bits per heavy atom. The number of allylic oxidation sites excluding steroid dienone is 8. The number of hydrogen-bond donors (Lipinski definition) is 2. The standard InChI is InChI=1S/C22H30O4/c1-2-20-18(15-17-21(20)24)14-16-19(23)12-10-8-6-4-3-5-7-9-11-13-22(25)26/h3-4,7-10,14-20,23H,2,5-6,11-13H2,1H3,(H,25,26)/b4-3-,9-7-,10-8-,16-14+/t18-,19+,20-/m0/s1. The highest BCUT2D eigenvalue weighted by molar-refractivity contribution is 5.94. The van der Waals surface area contributed by atoms with Crippen LogP contribution in [-0.4, -0.2) is 28.1 Å². The molecule has 0 unspecified atom stereocenters. The van der Waals surface area contributed by atoms with Gasteiger partial charge in [-0.3, -0.25) is 9.59 Å². The Labute approximate surface area is 156 Å². The zero-order chi connectivity index (χ0) is 19.2. The normalized spacial score (nSPS) is 21.8. The van der Waals surface area contributed by atoms with E-state index in [0.717, 1.165) is 19.3 Å². The van der Waals surface area contributed by atoms with Crippen LogP contribution in [0.15, 0.2) is 60.8 Å². The fourth-order valence-corrected chi connectivity index (χ4v) is 2.76. The molecule has 0 aromatic carbocycles. The molecule has 0 saturated carbocycles. The van der Waals surface area contributed by atoms with E-state index in [2.05, 4.69) is 0 Å². The molecule has 0 bridgehead atoms. The number of carboxylic acids is 1. The highest BCUT2D eigenvalue weighted by Crippen LogP contribution is 2.26. The van der Waals surface area contributed by atoms with Gasteiger partial charge in [-0.1, -0.05) is 61.6 Å². The largest absolute Gasteiger partial charge is 0.481 e. The number of hydrogen-bond acceptors (Lipinski definition) is 3. The van der Waals surface area contributed by atoms with Gasteiger partial charge in [0.2, 0.25) is 0 Å². The van der Waals surface area contributed by atoms with E-state index in [1.165, 1.54) is 0 Å². The SMILES string of the molecule is CC[C@@H]1C(=O)C=C[C@@H]1/C=C/[C@H](O)C/C=C\C/C=C\C/C=C\CCC(=O)O. The fourth-order valence-electron chi connectivity index (χ4n) is 2.76. The van der Waals surface area contributed by atoms with Gasteiger partial charge in [-0.25, -0.2) is 0 Å². The molecular weight excluding hydrogens is 328 g/mol. The third-order valence-electron chi connectivity index (χ3n) is 4.25. The van der Waals surface area contributed by atoms with E-state index in [4.69, 9.17) is 5.11 Å². The van der Waals surface area contributed by atoms with Crippen molar-refractivity contribution in [1.29, 1.82) is 0 Å². The third-order valence-corrected chi connectivity index (χ3v) is 4.25. The van der Waals surface area contributed by atoms with Gasteiger partial charge in [-0.05, 0) is 38.2 Å². The van der Waals surface area contributed by atoms with E-state index in [0.29, 0.717) is 12.8 Å². The van der Waals surface area contributed by atoms with Crippen LogP contribution < -0.4 is 0 Å². The first-order valence-electron chi connectivity index (χ1n) is 9.29. The number of aliphatic hydroxyl groups excluding tert-OH is 1. The molecule has 0 aromatic heterocycles. The Hall–Kier alpha value is -2.20. The van der Waals surface area contributed by atoms with Crippen molar-refractivity contribution in [3.8, 4) is 0 Å². The fraction of sp³-hybridized carbons (Fsp3) is 0.455. The van der Waals surface area contributed by atoms with Gasteiger partial charge in [0.1, 0.15) is 0 Å². The van der Waals surface area contributed by atoms with Crippen LogP contribution in [0.3, 0.4) is 0 Å². The van der Waals surface area contributed by atoms with Gasteiger partial charge in [-0.2, -0.15) is 0 Å². The number of carbonyl (C=O) groups is 2. The van der Waals surface area contributed by atoms with Crippen molar-refractivity contribution in [3.05, 3.63) is 60.8 Å². The van der Waals surface area contributed by atoms with Gasteiger partial charge in [0.25, 0.3) is 0 Å². The third kappa shape index (κ3) is 9.33. The summed E-state index contributed by atoms with van der Waals surface area (Å²) < 4.78 is 0. The summed E-state index contributed by atoms with van der Waals surface area (Å²) in [4.78, 5) is 22.0. The van der Waals surface area contributed by atoms with Crippen LogP contribution in [0.4, 0.5) is 0 Å². The Morgan fingerprint density at radius 1 is 1.15 bits per heavy atom. The van der Waals surface area contributed by atoms with Crippen LogP contribution in [0.5, 0.6) is 0 Å². The maximum atomic E-state index is 11.6. The Balaban J connectivity index is 2.16. The summed E-state index contributed by atoms with van der Waals surface area (Å²) in [5.41, 5.74) is 0. The number of carboxylic acid groups (broad SMARTS) is 1. The summed E-state index contributed by atoms with van der Waals surface area (Å²) in [5.74, 6) is -0.458. The van der Waals surface area contributed by atoms with Crippen molar-refractivity contribution >= 4 is 11.8 Å². The lowest BCUT2D eigenvalue weighted by molar-refractivity contribution is -0.136. The maximum Gasteiger partial charge on any atom is 0.303 e. The monoisotopic (exact) mass is 358 g/mol. The van der Waals surface area contributed by atoms with Crippen molar-refractivity contribution in [2.45, 2.75) is 51.6 Å². The van der Waals surface area contributed by atoms with Crippen LogP contribution >= 0.6 is 0 Å². The molecule has 0 radical (unpaired) electrons. The molecule has 26 heavy (non-hydrogen) atoms. The Kier molecular flexibility index (Phi) is 11.0. The second-order valence-electron chi connectivity index (χ2n) is 6.36. The molecule has 1 aliphatic carbocycles. The van der Waals surface area contributed by atoms with Gasteiger partial charge < -0.3 is 10.2 Å². The molecule has 1 rings (SSSR count). The zero-order valence-corrected chi connectivity index (χ0v) is 15.5. The first-order chi connectivity index (χ1) is 12.5. The highest BCUT2D eigenvalue weighted by atomic mass is 16.4. The summed E-state index contributed by atoms with van der Waals surface area (Å²) in [6.45, 7) is 2.01. The Morgan fingerprint density at radius 3 is 2.46 bits per heavy atom. The second-order valence-corrected chi connectivity index (χ2v) is 6.36. The van der Waals surface area contributed by atoms with Gasteiger partial charge >= 0.3 is 5.97 Å². The summed E-state index contributed by atoms with van der Waals surface area (Å²) in [5, 5.41) is 18.5. The van der Waals surface area contributed by atoms with Gasteiger partial charge in [0, 0.05) is 18.3 Å². The number of carbonyl (C=O) groups excluding carboxylic acids is 1. The van der Waals surface area contributed by atoms with Crippen molar-refractivity contribution in [3.63, 3.8) is 0 Å². The van der Waals surface area contributed by atoms with Crippen LogP contribution in [0, 0.1) is 11.8 Å². The van der Waals surface area contributed by atoms with E-state index >= 15 is 0 Å². The topological polar surface area (TPSA) is 74.6 Å². The molecule has 1 aliphatic rings. The van der Waals surface area contributed by atoms with Crippen LogP contribution in [0.2, 0.25) is 0 Å². The van der Waals surface area contributed by atoms with Crippen molar-refractivity contribution < 1.29 is 19.8 Å². The van der Waals surface area contributed by atoms with E-state index in [9.17, 15) is 14.7 Å². The molecular formula is C22H30O4. The molecule has 2 N–H and O–H groups in total. The van der Waals surface area contributed by atoms with Crippen LogP contribution in [0.25, 0.3) is 0 Å².